The van der Waals surface area contributed by atoms with Crippen LogP contribution in [0, 0.1) is 11.6 Å². The number of nitrogens with two attached hydrogens (primary N) is 1. The van der Waals surface area contributed by atoms with E-state index in [0.29, 0.717) is 0 Å². The van der Waals surface area contributed by atoms with E-state index in [4.69, 9.17) is 5.73 Å². The largest absolute Gasteiger partial charge is 0.398 e. The normalized spacial score (nSPS) is 16.5. The van der Waals surface area contributed by atoms with E-state index in [-0.39, 0.29) is 6.04 Å². The second-order valence-electron chi connectivity index (χ2n) is 5.55. The lowest BCUT2D eigenvalue weighted by Gasteiger charge is -2.34. The Kier molecular flexibility index (Phi) is 3.64. The van der Waals surface area contributed by atoms with Gasteiger partial charge in [0.05, 0.1) is 0 Å². The van der Waals surface area contributed by atoms with Crippen molar-refractivity contribution < 1.29 is 8.78 Å². The van der Waals surface area contributed by atoms with Gasteiger partial charge < -0.3 is 5.73 Å². The molecule has 0 aromatic heterocycles. The van der Waals surface area contributed by atoms with E-state index >= 15 is 0 Å². The predicted octanol–water partition coefficient (Wildman–Crippen LogP) is 3.67. The van der Waals surface area contributed by atoms with E-state index in [0.717, 1.165) is 30.8 Å². The summed E-state index contributed by atoms with van der Waals surface area (Å²) in [5, 5.41) is 0. The molecule has 2 aromatic rings. The zero-order valence-electron chi connectivity index (χ0n) is 11.9. The molecule has 110 valence electrons. The van der Waals surface area contributed by atoms with Gasteiger partial charge in [-0.05, 0) is 48.2 Å². The number of benzene rings is 2. The van der Waals surface area contributed by atoms with Gasteiger partial charge in [0.2, 0.25) is 0 Å². The van der Waals surface area contributed by atoms with E-state index < -0.39 is 11.6 Å². The lowest BCUT2D eigenvalue weighted by Crippen LogP contribution is -2.33. The van der Waals surface area contributed by atoms with Crippen molar-refractivity contribution in [3.05, 3.63) is 64.7 Å². The highest BCUT2D eigenvalue weighted by molar-refractivity contribution is 5.52. The second kappa shape index (κ2) is 5.45. The van der Waals surface area contributed by atoms with Gasteiger partial charge in [0.25, 0.3) is 0 Å². The Morgan fingerprint density at radius 2 is 1.95 bits per heavy atom. The van der Waals surface area contributed by atoms with E-state index in [1.165, 1.54) is 23.3 Å². The molecule has 0 spiro atoms. The molecule has 0 saturated carbocycles. The maximum atomic E-state index is 13.4. The molecule has 3 rings (SSSR count). The fraction of sp³-hybridized carbons (Fsp3) is 0.294. The Labute approximate surface area is 123 Å². The zero-order valence-corrected chi connectivity index (χ0v) is 11.9. The molecule has 0 amide bonds. The summed E-state index contributed by atoms with van der Waals surface area (Å²) in [6.45, 7) is 3.66. The summed E-state index contributed by atoms with van der Waals surface area (Å²) in [6, 6.07) is 10.1. The first-order valence-electron chi connectivity index (χ1n) is 7.11. The Morgan fingerprint density at radius 3 is 2.71 bits per heavy atom. The van der Waals surface area contributed by atoms with Crippen molar-refractivity contribution >= 4 is 5.69 Å². The number of hydrogen-bond acceptors (Lipinski definition) is 2. The van der Waals surface area contributed by atoms with Gasteiger partial charge in [0, 0.05) is 24.8 Å². The lowest BCUT2D eigenvalue weighted by molar-refractivity contribution is 0.192. The van der Waals surface area contributed by atoms with E-state index in [9.17, 15) is 8.78 Å². The number of rotatable bonds is 2. The highest BCUT2D eigenvalue weighted by Gasteiger charge is 2.23. The molecule has 21 heavy (non-hydrogen) atoms. The third-order valence-corrected chi connectivity index (χ3v) is 4.31. The molecular formula is C17H18F2N2. The number of halogens is 2. The fourth-order valence-corrected chi connectivity index (χ4v) is 2.97. The second-order valence-corrected chi connectivity index (χ2v) is 5.55. The number of hydrogen-bond donors (Lipinski definition) is 1. The molecule has 1 atom stereocenters. The molecular weight excluding hydrogens is 270 g/mol. The van der Waals surface area contributed by atoms with Crippen LogP contribution in [0.3, 0.4) is 0 Å². The van der Waals surface area contributed by atoms with Crippen molar-refractivity contribution in [1.29, 1.82) is 0 Å². The van der Waals surface area contributed by atoms with Crippen molar-refractivity contribution in [3.63, 3.8) is 0 Å². The first-order chi connectivity index (χ1) is 10.1. The fourth-order valence-electron chi connectivity index (χ4n) is 2.97. The summed E-state index contributed by atoms with van der Waals surface area (Å²) in [5.74, 6) is -1.59. The van der Waals surface area contributed by atoms with Gasteiger partial charge in [0.1, 0.15) is 0 Å². The molecule has 4 heteroatoms. The van der Waals surface area contributed by atoms with Crippen LogP contribution >= 0.6 is 0 Å². The number of nitrogens with zero attached hydrogens (tertiary/aromatic N) is 1. The van der Waals surface area contributed by atoms with Gasteiger partial charge in [-0.15, -0.1) is 0 Å². The molecule has 2 nitrogen and oxygen atoms in total. The van der Waals surface area contributed by atoms with Crippen LogP contribution in [0.4, 0.5) is 14.5 Å². The Balaban J connectivity index is 1.83. The first-order valence-corrected chi connectivity index (χ1v) is 7.11. The van der Waals surface area contributed by atoms with Crippen molar-refractivity contribution in [2.75, 3.05) is 12.3 Å². The first kappa shape index (κ1) is 14.0. The van der Waals surface area contributed by atoms with Crippen LogP contribution in [0.5, 0.6) is 0 Å². The molecule has 2 N–H and O–H groups in total. The molecule has 1 aliphatic rings. The summed E-state index contributed by atoms with van der Waals surface area (Å²) < 4.78 is 26.4. The third-order valence-electron chi connectivity index (χ3n) is 4.31. The number of fused-ring (bicyclic) bond motifs is 1. The van der Waals surface area contributed by atoms with Crippen LogP contribution < -0.4 is 5.73 Å². The molecule has 1 unspecified atom stereocenters. The SMILES string of the molecule is CC(c1ccc(F)c(F)c1)N1CCc2c(N)cccc2C1. The average Bonchev–Trinajstić information content (AvgIpc) is 2.49. The molecule has 0 saturated heterocycles. The minimum Gasteiger partial charge on any atom is -0.398 e. The summed E-state index contributed by atoms with van der Waals surface area (Å²) in [4.78, 5) is 2.26. The van der Waals surface area contributed by atoms with Gasteiger partial charge in [-0.3, -0.25) is 4.90 Å². The minimum atomic E-state index is -0.803. The summed E-state index contributed by atoms with van der Waals surface area (Å²) in [7, 11) is 0. The summed E-state index contributed by atoms with van der Waals surface area (Å²) in [6.07, 6.45) is 0.885. The highest BCUT2D eigenvalue weighted by atomic mass is 19.2. The Morgan fingerprint density at radius 1 is 1.14 bits per heavy atom. The molecule has 1 heterocycles. The van der Waals surface area contributed by atoms with Crippen LogP contribution in [-0.4, -0.2) is 11.4 Å². The van der Waals surface area contributed by atoms with E-state index in [2.05, 4.69) is 11.0 Å². The summed E-state index contributed by atoms with van der Waals surface area (Å²) >= 11 is 0. The maximum Gasteiger partial charge on any atom is 0.159 e. The van der Waals surface area contributed by atoms with Crippen LogP contribution in [0.2, 0.25) is 0 Å². The maximum absolute atomic E-state index is 13.4. The minimum absolute atomic E-state index is 0.0367. The van der Waals surface area contributed by atoms with Crippen LogP contribution in [0.25, 0.3) is 0 Å². The van der Waals surface area contributed by atoms with Crippen LogP contribution in [-0.2, 0) is 13.0 Å². The third kappa shape index (κ3) is 2.63. The molecule has 0 aliphatic carbocycles. The van der Waals surface area contributed by atoms with Gasteiger partial charge in [-0.1, -0.05) is 18.2 Å². The van der Waals surface area contributed by atoms with Crippen molar-refractivity contribution in [2.24, 2.45) is 0 Å². The predicted molar refractivity (Wildman–Crippen MR) is 79.7 cm³/mol. The zero-order chi connectivity index (χ0) is 15.0. The summed E-state index contributed by atoms with van der Waals surface area (Å²) in [5.41, 5.74) is 10.1. The lowest BCUT2D eigenvalue weighted by atomic mass is 9.95. The number of anilines is 1. The van der Waals surface area contributed by atoms with Crippen molar-refractivity contribution in [3.8, 4) is 0 Å². The molecule has 0 radical (unpaired) electrons. The van der Waals surface area contributed by atoms with Gasteiger partial charge in [-0.25, -0.2) is 8.78 Å². The molecule has 2 aromatic carbocycles. The van der Waals surface area contributed by atoms with Crippen molar-refractivity contribution in [2.45, 2.75) is 25.9 Å². The topological polar surface area (TPSA) is 29.3 Å². The molecule has 1 aliphatic heterocycles. The highest BCUT2D eigenvalue weighted by Crippen LogP contribution is 2.30. The monoisotopic (exact) mass is 288 g/mol. The van der Waals surface area contributed by atoms with Crippen LogP contribution in [0.1, 0.15) is 29.7 Å². The number of nitrogen functional groups attached to an aromatic ring is 1. The Hall–Kier alpha value is -1.94. The van der Waals surface area contributed by atoms with Gasteiger partial charge in [-0.2, -0.15) is 0 Å². The van der Waals surface area contributed by atoms with E-state index in [1.54, 1.807) is 6.07 Å². The van der Waals surface area contributed by atoms with Gasteiger partial charge in [0.15, 0.2) is 11.6 Å². The smallest absolute Gasteiger partial charge is 0.159 e. The standard InChI is InChI=1S/C17H18F2N2/c1-11(12-5-6-15(18)16(19)9-12)21-8-7-14-13(10-21)3-2-4-17(14)20/h2-6,9,11H,7-8,10,20H2,1H3. The van der Waals surface area contributed by atoms with E-state index in [1.807, 2.05) is 19.1 Å². The Bertz CT molecular complexity index is 670. The average molecular weight is 288 g/mol. The van der Waals surface area contributed by atoms with Crippen LogP contribution in [0.15, 0.2) is 36.4 Å². The quantitative estimate of drug-likeness (QED) is 0.854. The molecule has 0 fully saturated rings. The molecule has 0 bridgehead atoms. The van der Waals surface area contributed by atoms with Gasteiger partial charge >= 0.3 is 0 Å². The van der Waals surface area contributed by atoms with Crippen molar-refractivity contribution in [1.82, 2.24) is 4.90 Å².